The van der Waals surface area contributed by atoms with Gasteiger partial charge in [-0.2, -0.15) is 5.10 Å². The molecule has 2 heterocycles. The van der Waals surface area contributed by atoms with E-state index in [0.29, 0.717) is 6.42 Å². The van der Waals surface area contributed by atoms with Crippen LogP contribution >= 0.6 is 27.3 Å². The van der Waals surface area contributed by atoms with Crippen LogP contribution < -0.4 is 0 Å². The summed E-state index contributed by atoms with van der Waals surface area (Å²) in [5, 5.41) is 16.2. The standard InChI is InChI=1S/C10H11BrN2OS/c1-13-10(8(11)6-12-13)9(14)5-7-3-2-4-15-7/h2-4,6,9,14H,5H2,1H3. The van der Waals surface area contributed by atoms with Crippen molar-refractivity contribution < 1.29 is 5.11 Å². The highest BCUT2D eigenvalue weighted by atomic mass is 79.9. The molecule has 0 fully saturated rings. The normalized spacial score (nSPS) is 13.0. The van der Waals surface area contributed by atoms with Crippen molar-refractivity contribution >= 4 is 27.3 Å². The van der Waals surface area contributed by atoms with E-state index in [1.165, 1.54) is 4.88 Å². The third kappa shape index (κ3) is 2.30. The Bertz CT molecular complexity index is 419. The van der Waals surface area contributed by atoms with E-state index in [9.17, 15) is 5.11 Å². The van der Waals surface area contributed by atoms with Gasteiger partial charge in [0, 0.05) is 18.3 Å². The number of aliphatic hydroxyl groups excluding tert-OH is 1. The summed E-state index contributed by atoms with van der Waals surface area (Å²) in [6.45, 7) is 0. The van der Waals surface area contributed by atoms with E-state index in [2.05, 4.69) is 21.0 Å². The van der Waals surface area contributed by atoms with Gasteiger partial charge in [0.2, 0.25) is 0 Å². The highest BCUT2D eigenvalue weighted by Gasteiger charge is 2.16. The minimum Gasteiger partial charge on any atom is -0.386 e. The molecule has 0 aliphatic carbocycles. The van der Waals surface area contributed by atoms with Crippen LogP contribution in [-0.4, -0.2) is 14.9 Å². The van der Waals surface area contributed by atoms with Crippen LogP contribution in [0.3, 0.4) is 0 Å². The zero-order valence-electron chi connectivity index (χ0n) is 8.22. The van der Waals surface area contributed by atoms with Crippen LogP contribution in [0.25, 0.3) is 0 Å². The van der Waals surface area contributed by atoms with Gasteiger partial charge in [0.1, 0.15) is 6.10 Å². The molecule has 0 saturated carbocycles. The summed E-state index contributed by atoms with van der Waals surface area (Å²) in [7, 11) is 1.83. The first kappa shape index (κ1) is 10.9. The molecule has 0 spiro atoms. The molecule has 2 aromatic heterocycles. The summed E-state index contributed by atoms with van der Waals surface area (Å²) in [5.74, 6) is 0. The quantitative estimate of drug-likeness (QED) is 0.942. The topological polar surface area (TPSA) is 38.0 Å². The number of nitrogens with zero attached hydrogens (tertiary/aromatic N) is 2. The number of hydrogen-bond acceptors (Lipinski definition) is 3. The molecular formula is C10H11BrN2OS. The lowest BCUT2D eigenvalue weighted by Crippen LogP contribution is -2.07. The van der Waals surface area contributed by atoms with Crippen LogP contribution in [-0.2, 0) is 13.5 Å². The summed E-state index contributed by atoms with van der Waals surface area (Å²) in [4.78, 5) is 1.18. The van der Waals surface area contributed by atoms with Gasteiger partial charge in [-0.15, -0.1) is 11.3 Å². The Morgan fingerprint density at radius 2 is 2.47 bits per heavy atom. The highest BCUT2D eigenvalue weighted by Crippen LogP contribution is 2.26. The van der Waals surface area contributed by atoms with Crippen LogP contribution in [0.4, 0.5) is 0 Å². The Morgan fingerprint density at radius 3 is 3.00 bits per heavy atom. The smallest absolute Gasteiger partial charge is 0.102 e. The van der Waals surface area contributed by atoms with Crippen molar-refractivity contribution in [2.45, 2.75) is 12.5 Å². The van der Waals surface area contributed by atoms with Crippen LogP contribution in [0.15, 0.2) is 28.2 Å². The molecule has 5 heteroatoms. The van der Waals surface area contributed by atoms with Gasteiger partial charge in [0.25, 0.3) is 0 Å². The highest BCUT2D eigenvalue weighted by molar-refractivity contribution is 9.10. The zero-order chi connectivity index (χ0) is 10.8. The second-order valence-electron chi connectivity index (χ2n) is 3.30. The Morgan fingerprint density at radius 1 is 1.67 bits per heavy atom. The molecule has 2 rings (SSSR count). The maximum absolute atomic E-state index is 10.1. The van der Waals surface area contributed by atoms with Crippen LogP contribution in [0.1, 0.15) is 16.7 Å². The number of halogens is 1. The molecule has 0 aliphatic heterocycles. The van der Waals surface area contributed by atoms with E-state index in [1.807, 2.05) is 24.6 Å². The molecule has 0 aromatic carbocycles. The predicted molar refractivity (Wildman–Crippen MR) is 63.9 cm³/mol. The molecule has 1 N–H and O–H groups in total. The maximum Gasteiger partial charge on any atom is 0.102 e. The van der Waals surface area contributed by atoms with Gasteiger partial charge in [-0.3, -0.25) is 4.68 Å². The van der Waals surface area contributed by atoms with E-state index < -0.39 is 6.10 Å². The minimum atomic E-state index is -0.509. The van der Waals surface area contributed by atoms with Gasteiger partial charge in [0.15, 0.2) is 0 Å². The Hall–Kier alpha value is -0.650. The van der Waals surface area contributed by atoms with Crippen molar-refractivity contribution in [2.75, 3.05) is 0 Å². The SMILES string of the molecule is Cn1ncc(Br)c1C(O)Cc1cccs1. The molecule has 0 saturated heterocycles. The van der Waals surface area contributed by atoms with Crippen molar-refractivity contribution in [1.82, 2.24) is 9.78 Å². The summed E-state index contributed by atoms with van der Waals surface area (Å²) >= 11 is 5.04. The molecule has 0 aliphatic rings. The molecule has 15 heavy (non-hydrogen) atoms. The van der Waals surface area contributed by atoms with Crippen LogP contribution in [0.2, 0.25) is 0 Å². The van der Waals surface area contributed by atoms with E-state index >= 15 is 0 Å². The van der Waals surface area contributed by atoms with E-state index in [1.54, 1.807) is 22.2 Å². The van der Waals surface area contributed by atoms with Gasteiger partial charge < -0.3 is 5.11 Å². The second kappa shape index (κ2) is 4.47. The van der Waals surface area contributed by atoms with Gasteiger partial charge in [0.05, 0.1) is 16.4 Å². The van der Waals surface area contributed by atoms with Gasteiger partial charge in [-0.05, 0) is 27.4 Å². The Labute approximate surface area is 100 Å². The molecule has 2 aromatic rings. The fraction of sp³-hybridized carbons (Fsp3) is 0.300. The Kier molecular flexibility index (Phi) is 3.23. The number of thiophene rings is 1. The first-order chi connectivity index (χ1) is 7.18. The number of aromatic nitrogens is 2. The fourth-order valence-corrected chi connectivity index (χ4v) is 2.87. The first-order valence-corrected chi connectivity index (χ1v) is 6.23. The molecule has 0 radical (unpaired) electrons. The van der Waals surface area contributed by atoms with Crippen molar-refractivity contribution in [3.8, 4) is 0 Å². The zero-order valence-corrected chi connectivity index (χ0v) is 10.6. The number of aliphatic hydroxyl groups is 1. The van der Waals surface area contributed by atoms with Crippen molar-refractivity contribution in [3.05, 3.63) is 38.8 Å². The lowest BCUT2D eigenvalue weighted by atomic mass is 10.1. The average molecular weight is 287 g/mol. The molecular weight excluding hydrogens is 276 g/mol. The summed E-state index contributed by atoms with van der Waals surface area (Å²) in [6, 6.07) is 4.02. The van der Waals surface area contributed by atoms with E-state index in [0.717, 1.165) is 10.2 Å². The molecule has 0 bridgehead atoms. The maximum atomic E-state index is 10.1. The summed E-state index contributed by atoms with van der Waals surface area (Å²) < 4.78 is 2.55. The number of hydrogen-bond donors (Lipinski definition) is 1. The lowest BCUT2D eigenvalue weighted by Gasteiger charge is -2.10. The number of rotatable bonds is 3. The van der Waals surface area contributed by atoms with E-state index in [-0.39, 0.29) is 0 Å². The first-order valence-electron chi connectivity index (χ1n) is 4.56. The lowest BCUT2D eigenvalue weighted by molar-refractivity contribution is 0.168. The van der Waals surface area contributed by atoms with Crippen molar-refractivity contribution in [2.24, 2.45) is 7.05 Å². The second-order valence-corrected chi connectivity index (χ2v) is 5.19. The number of aryl methyl sites for hydroxylation is 1. The van der Waals surface area contributed by atoms with Crippen molar-refractivity contribution in [3.63, 3.8) is 0 Å². The minimum absolute atomic E-state index is 0.509. The van der Waals surface area contributed by atoms with Crippen LogP contribution in [0.5, 0.6) is 0 Å². The van der Waals surface area contributed by atoms with E-state index in [4.69, 9.17) is 0 Å². The Balaban J connectivity index is 2.18. The van der Waals surface area contributed by atoms with Gasteiger partial charge in [-0.25, -0.2) is 0 Å². The summed E-state index contributed by atoms with van der Waals surface area (Å²) in [5.41, 5.74) is 0.823. The molecule has 1 atom stereocenters. The molecule has 1 unspecified atom stereocenters. The fourth-order valence-electron chi connectivity index (χ4n) is 1.51. The third-order valence-electron chi connectivity index (χ3n) is 2.23. The molecule has 0 amide bonds. The van der Waals surface area contributed by atoms with Gasteiger partial charge in [-0.1, -0.05) is 6.07 Å². The van der Waals surface area contributed by atoms with Crippen LogP contribution in [0, 0.1) is 0 Å². The third-order valence-corrected chi connectivity index (χ3v) is 3.74. The predicted octanol–water partition coefficient (Wildman–Crippen LogP) is 2.52. The molecule has 3 nitrogen and oxygen atoms in total. The monoisotopic (exact) mass is 286 g/mol. The van der Waals surface area contributed by atoms with Gasteiger partial charge >= 0.3 is 0 Å². The average Bonchev–Trinajstić information content (AvgIpc) is 2.77. The summed E-state index contributed by atoms with van der Waals surface area (Å²) in [6.07, 6.45) is 1.83. The molecule has 80 valence electrons. The van der Waals surface area contributed by atoms with Crippen molar-refractivity contribution in [1.29, 1.82) is 0 Å². The largest absolute Gasteiger partial charge is 0.386 e.